The second-order valence-corrected chi connectivity index (χ2v) is 12.0. The Kier molecular flexibility index (Phi) is 7.06. The van der Waals surface area contributed by atoms with E-state index in [0.717, 1.165) is 25.9 Å². The number of allylic oxidation sites excluding steroid dienone is 1. The van der Waals surface area contributed by atoms with Crippen LogP contribution >= 0.6 is 0 Å². The average Bonchev–Trinajstić information content (AvgIpc) is 2.84. The number of primary amides is 1. The van der Waals surface area contributed by atoms with Crippen LogP contribution in [0.15, 0.2) is 29.0 Å². The van der Waals surface area contributed by atoms with Crippen LogP contribution < -0.4 is 5.73 Å². The van der Waals surface area contributed by atoms with E-state index < -0.39 is 58.4 Å². The number of hydrogen-bond donors (Lipinski definition) is 6. The first kappa shape index (κ1) is 28.3. The smallest absolute Gasteiger partial charge is 0.253 e. The summed E-state index contributed by atoms with van der Waals surface area (Å²) >= 11 is 0. The highest BCUT2D eigenvalue weighted by Crippen LogP contribution is 2.53. The number of piperidine rings is 1. The number of aliphatic hydroxyl groups is 4. The first-order chi connectivity index (χ1) is 18.7. The van der Waals surface area contributed by atoms with E-state index in [4.69, 9.17) is 5.73 Å². The molecule has 2 fully saturated rings. The molecule has 0 bridgehead atoms. The van der Waals surface area contributed by atoms with Crippen molar-refractivity contribution in [2.45, 2.75) is 44.4 Å². The van der Waals surface area contributed by atoms with Crippen molar-refractivity contribution in [3.05, 3.63) is 45.7 Å². The molecule has 4 atom stereocenters. The minimum Gasteiger partial charge on any atom is -0.510 e. The van der Waals surface area contributed by atoms with Crippen molar-refractivity contribution in [2.24, 2.45) is 29.4 Å². The van der Waals surface area contributed by atoms with Gasteiger partial charge in [0, 0.05) is 11.1 Å². The fourth-order valence-electron chi connectivity index (χ4n) is 7.33. The van der Waals surface area contributed by atoms with E-state index in [1.54, 1.807) is 19.0 Å². The maximum Gasteiger partial charge on any atom is 0.253 e. The van der Waals surface area contributed by atoms with Gasteiger partial charge in [0.05, 0.1) is 24.1 Å². The lowest BCUT2D eigenvalue weighted by Crippen LogP contribution is -2.62. The van der Waals surface area contributed by atoms with Gasteiger partial charge in [-0.05, 0) is 88.3 Å². The summed E-state index contributed by atoms with van der Waals surface area (Å²) in [6.07, 6.45) is 2.28. The van der Waals surface area contributed by atoms with Crippen molar-refractivity contribution in [3.63, 3.8) is 0 Å². The minimum absolute atomic E-state index is 0.0221. The molecule has 1 saturated heterocycles. The van der Waals surface area contributed by atoms with Gasteiger partial charge in [-0.25, -0.2) is 0 Å². The maximum absolute atomic E-state index is 13.9. The van der Waals surface area contributed by atoms with E-state index in [-0.39, 0.29) is 42.1 Å². The van der Waals surface area contributed by atoms with Crippen LogP contribution in [0.25, 0.3) is 5.76 Å². The van der Waals surface area contributed by atoms with Gasteiger partial charge in [0.2, 0.25) is 5.79 Å². The number of carbonyl (C=O) groups excluding carboxylic acids is 3. The van der Waals surface area contributed by atoms with Crippen LogP contribution in [-0.2, 0) is 16.0 Å². The van der Waals surface area contributed by atoms with Crippen LogP contribution in [-0.4, -0.2) is 98.4 Å². The molecule has 5 rings (SSSR count). The second kappa shape index (κ2) is 9.99. The lowest BCUT2D eigenvalue weighted by atomic mass is 9.57. The Bertz CT molecular complexity index is 1340. The molecule has 1 aromatic carbocycles. The van der Waals surface area contributed by atoms with E-state index in [1.165, 1.54) is 12.1 Å². The number of phenols is 1. The summed E-state index contributed by atoms with van der Waals surface area (Å²) in [4.78, 5) is 43.2. The number of aromatic hydroxyl groups is 1. The van der Waals surface area contributed by atoms with Gasteiger partial charge in [-0.3, -0.25) is 24.2 Å². The Morgan fingerprint density at radius 1 is 1.12 bits per heavy atom. The number of rotatable bonds is 5. The molecule has 1 aromatic rings. The standard InChI is InChI=1S/C29H37N3O8/c1-13-6-8-32(9-7-13)12-19(34)15-4-5-18(33)21-16(15)10-14-11-17-22(26(36)20(14)25(21)35)29(39,40)23(28(30)38)27(37)24(17)31(2)3/h4-5,13-14,17,22,24,33,35,37,39-40H,6-12H2,1-3H3,(H2,30,38)/t14?,17?,22?,24-/m0/s1. The van der Waals surface area contributed by atoms with Gasteiger partial charge < -0.3 is 31.3 Å². The molecule has 216 valence electrons. The summed E-state index contributed by atoms with van der Waals surface area (Å²) in [6.45, 7) is 4.00. The third-order valence-corrected chi connectivity index (χ3v) is 9.26. The van der Waals surface area contributed by atoms with Gasteiger partial charge in [-0.15, -0.1) is 0 Å². The number of hydrogen-bond acceptors (Lipinski definition) is 10. The molecule has 1 heterocycles. The zero-order chi connectivity index (χ0) is 29.3. The van der Waals surface area contributed by atoms with E-state index in [0.29, 0.717) is 17.0 Å². The Labute approximate surface area is 232 Å². The SMILES string of the molecule is CC1CCN(CC(=O)c2ccc(O)c3c2CC2CC4C(C(=O)C2=C3O)C(O)(O)C(C(N)=O)=C(O)[C@H]4N(C)C)CC1. The van der Waals surface area contributed by atoms with Crippen LogP contribution in [0.1, 0.15) is 47.7 Å². The van der Waals surface area contributed by atoms with Crippen LogP contribution in [0.5, 0.6) is 5.75 Å². The Balaban J connectivity index is 1.57. The number of carbonyl (C=O) groups is 3. The number of fused-ring (bicyclic) bond motifs is 3. The highest BCUT2D eigenvalue weighted by atomic mass is 16.5. The number of nitrogens with zero attached hydrogens (tertiary/aromatic N) is 2. The number of ketones is 2. The molecule has 1 aliphatic heterocycles. The molecule has 3 aliphatic carbocycles. The first-order valence-corrected chi connectivity index (χ1v) is 13.7. The molecule has 1 saturated carbocycles. The third kappa shape index (κ3) is 4.32. The fourth-order valence-corrected chi connectivity index (χ4v) is 7.33. The van der Waals surface area contributed by atoms with Crippen LogP contribution in [0.4, 0.5) is 0 Å². The average molecular weight is 556 g/mol. The Morgan fingerprint density at radius 2 is 1.77 bits per heavy atom. The van der Waals surface area contributed by atoms with Gasteiger partial charge in [0.15, 0.2) is 11.6 Å². The molecule has 40 heavy (non-hydrogen) atoms. The number of benzene rings is 1. The number of phenolic OH excluding ortho intramolecular Hbond substituents is 1. The predicted octanol–water partition coefficient (Wildman–Crippen LogP) is 0.876. The van der Waals surface area contributed by atoms with E-state index in [1.807, 2.05) is 0 Å². The summed E-state index contributed by atoms with van der Waals surface area (Å²) in [5, 5.41) is 55.1. The van der Waals surface area contributed by atoms with Crippen molar-refractivity contribution < 1.29 is 39.9 Å². The monoisotopic (exact) mass is 555 g/mol. The summed E-state index contributed by atoms with van der Waals surface area (Å²) in [5.74, 6) is -9.25. The van der Waals surface area contributed by atoms with Crippen LogP contribution in [0.2, 0.25) is 0 Å². The minimum atomic E-state index is -3.07. The van der Waals surface area contributed by atoms with Crippen molar-refractivity contribution in [1.82, 2.24) is 9.80 Å². The highest BCUT2D eigenvalue weighted by molar-refractivity contribution is 6.09. The largest absolute Gasteiger partial charge is 0.510 e. The van der Waals surface area contributed by atoms with Gasteiger partial charge in [-0.2, -0.15) is 0 Å². The topological polar surface area (TPSA) is 185 Å². The van der Waals surface area contributed by atoms with Crippen molar-refractivity contribution in [3.8, 4) is 5.75 Å². The zero-order valence-corrected chi connectivity index (χ0v) is 22.9. The maximum atomic E-state index is 13.9. The van der Waals surface area contributed by atoms with Crippen LogP contribution in [0, 0.1) is 23.7 Å². The summed E-state index contributed by atoms with van der Waals surface area (Å²) in [5.41, 5.74) is 5.19. The normalized spacial score (nSPS) is 28.8. The number of aliphatic hydroxyl groups excluding tert-OH is 2. The molecular weight excluding hydrogens is 518 g/mol. The molecule has 11 heteroatoms. The number of likely N-dealkylation sites (tertiary alicyclic amines) is 1. The number of Topliss-reactive ketones (excluding diaryl/α,β-unsaturated/α-hetero) is 2. The predicted molar refractivity (Wildman–Crippen MR) is 144 cm³/mol. The van der Waals surface area contributed by atoms with Gasteiger partial charge >= 0.3 is 0 Å². The van der Waals surface area contributed by atoms with Crippen LogP contribution in [0.3, 0.4) is 0 Å². The summed E-state index contributed by atoms with van der Waals surface area (Å²) < 4.78 is 0. The Morgan fingerprint density at radius 3 is 2.38 bits per heavy atom. The lowest BCUT2D eigenvalue weighted by molar-refractivity contribution is -0.203. The van der Waals surface area contributed by atoms with Gasteiger partial charge in [0.25, 0.3) is 5.91 Å². The highest BCUT2D eigenvalue weighted by Gasteiger charge is 2.62. The molecule has 3 unspecified atom stereocenters. The van der Waals surface area contributed by atoms with E-state index in [9.17, 15) is 39.9 Å². The summed E-state index contributed by atoms with van der Waals surface area (Å²) in [6, 6.07) is 1.92. The molecule has 0 spiro atoms. The van der Waals surface area contributed by atoms with Crippen molar-refractivity contribution in [2.75, 3.05) is 33.7 Å². The van der Waals surface area contributed by atoms with Gasteiger partial charge in [-0.1, -0.05) is 6.92 Å². The number of nitrogens with two attached hydrogens (primary N) is 1. The van der Waals surface area contributed by atoms with E-state index >= 15 is 0 Å². The molecule has 11 nitrogen and oxygen atoms in total. The molecule has 1 amide bonds. The quantitative estimate of drug-likeness (QED) is 0.225. The number of amides is 1. The van der Waals surface area contributed by atoms with E-state index in [2.05, 4.69) is 11.8 Å². The first-order valence-electron chi connectivity index (χ1n) is 13.7. The van der Waals surface area contributed by atoms with Crippen molar-refractivity contribution in [1.29, 1.82) is 0 Å². The number of likely N-dealkylation sites (N-methyl/N-ethyl adjacent to an activating group) is 1. The fraction of sp³-hybridized carbons (Fsp3) is 0.552. The molecule has 0 radical (unpaired) electrons. The zero-order valence-electron chi connectivity index (χ0n) is 22.9. The van der Waals surface area contributed by atoms with Crippen molar-refractivity contribution >= 4 is 23.2 Å². The second-order valence-electron chi connectivity index (χ2n) is 12.0. The van der Waals surface area contributed by atoms with Gasteiger partial charge in [0.1, 0.15) is 22.8 Å². The molecular formula is C29H37N3O8. The Hall–Kier alpha value is -3.25. The summed E-state index contributed by atoms with van der Waals surface area (Å²) in [7, 11) is 3.25. The molecule has 7 N–H and O–H groups in total. The molecule has 0 aromatic heterocycles. The molecule has 4 aliphatic rings. The lowest BCUT2D eigenvalue weighted by Gasteiger charge is -2.51. The third-order valence-electron chi connectivity index (χ3n) is 9.26.